The SMILES string of the molecule is CC1CNCCN1C(C)CC1CC1. The van der Waals surface area contributed by atoms with E-state index in [-0.39, 0.29) is 0 Å². The van der Waals surface area contributed by atoms with E-state index in [1.807, 2.05) is 0 Å². The minimum Gasteiger partial charge on any atom is -0.314 e. The van der Waals surface area contributed by atoms with Crippen LogP contribution in [0.1, 0.15) is 33.1 Å². The van der Waals surface area contributed by atoms with Crippen LogP contribution in [0.5, 0.6) is 0 Å². The minimum atomic E-state index is 0.738. The van der Waals surface area contributed by atoms with Crippen LogP contribution in [0.15, 0.2) is 0 Å². The maximum Gasteiger partial charge on any atom is 0.0195 e. The van der Waals surface area contributed by atoms with E-state index < -0.39 is 0 Å². The Kier molecular flexibility index (Phi) is 2.89. The third kappa shape index (κ3) is 2.44. The third-order valence-corrected chi connectivity index (χ3v) is 3.49. The van der Waals surface area contributed by atoms with Crippen LogP contribution in [-0.4, -0.2) is 36.6 Å². The van der Waals surface area contributed by atoms with Crippen LogP contribution in [0.25, 0.3) is 0 Å². The van der Waals surface area contributed by atoms with Crippen molar-refractivity contribution in [2.24, 2.45) is 5.92 Å². The standard InChI is InChI=1S/C11H22N2/c1-9(7-11-3-4-11)13-6-5-12-8-10(13)2/h9-12H,3-8H2,1-2H3. The van der Waals surface area contributed by atoms with Crippen LogP contribution >= 0.6 is 0 Å². The second kappa shape index (κ2) is 3.97. The fourth-order valence-corrected chi connectivity index (χ4v) is 2.48. The number of nitrogens with one attached hydrogen (secondary N) is 1. The Hall–Kier alpha value is -0.0800. The molecule has 1 aliphatic carbocycles. The predicted molar refractivity (Wildman–Crippen MR) is 55.8 cm³/mol. The fraction of sp³-hybridized carbons (Fsp3) is 1.00. The van der Waals surface area contributed by atoms with Crippen molar-refractivity contribution in [1.29, 1.82) is 0 Å². The molecule has 1 N–H and O–H groups in total. The summed E-state index contributed by atoms with van der Waals surface area (Å²) in [7, 11) is 0. The van der Waals surface area contributed by atoms with Gasteiger partial charge in [-0.2, -0.15) is 0 Å². The molecule has 1 aliphatic heterocycles. The molecule has 1 saturated carbocycles. The van der Waals surface area contributed by atoms with Crippen molar-refractivity contribution < 1.29 is 0 Å². The summed E-state index contributed by atoms with van der Waals surface area (Å²) >= 11 is 0. The summed E-state index contributed by atoms with van der Waals surface area (Å²) in [5.41, 5.74) is 0. The molecule has 2 heteroatoms. The van der Waals surface area contributed by atoms with Crippen LogP contribution in [0, 0.1) is 5.92 Å². The number of hydrogen-bond donors (Lipinski definition) is 1. The highest BCUT2D eigenvalue weighted by atomic mass is 15.2. The lowest BCUT2D eigenvalue weighted by Gasteiger charge is -2.38. The van der Waals surface area contributed by atoms with Crippen LogP contribution in [0.2, 0.25) is 0 Å². The van der Waals surface area contributed by atoms with Gasteiger partial charge >= 0.3 is 0 Å². The number of hydrogen-bond acceptors (Lipinski definition) is 2. The Labute approximate surface area is 81.7 Å². The predicted octanol–water partition coefficient (Wildman–Crippen LogP) is 1.47. The highest BCUT2D eigenvalue weighted by Gasteiger charge is 2.29. The van der Waals surface area contributed by atoms with E-state index in [1.165, 1.54) is 38.9 Å². The minimum absolute atomic E-state index is 0.738. The van der Waals surface area contributed by atoms with E-state index >= 15 is 0 Å². The molecular weight excluding hydrogens is 160 g/mol. The zero-order chi connectivity index (χ0) is 9.26. The molecule has 0 bridgehead atoms. The van der Waals surface area contributed by atoms with Crippen molar-refractivity contribution in [3.8, 4) is 0 Å². The first kappa shape index (κ1) is 9.47. The first-order valence-corrected chi connectivity index (χ1v) is 5.74. The van der Waals surface area contributed by atoms with Crippen molar-refractivity contribution >= 4 is 0 Å². The third-order valence-electron chi connectivity index (χ3n) is 3.49. The van der Waals surface area contributed by atoms with Gasteiger partial charge in [-0.25, -0.2) is 0 Å². The topological polar surface area (TPSA) is 15.3 Å². The molecule has 2 atom stereocenters. The summed E-state index contributed by atoms with van der Waals surface area (Å²) in [5, 5.41) is 3.45. The van der Waals surface area contributed by atoms with Crippen LogP contribution in [0.3, 0.4) is 0 Å². The lowest BCUT2D eigenvalue weighted by atomic mass is 10.1. The maximum atomic E-state index is 3.45. The van der Waals surface area contributed by atoms with Gasteiger partial charge in [-0.15, -0.1) is 0 Å². The van der Waals surface area contributed by atoms with Gasteiger partial charge in [-0.1, -0.05) is 12.8 Å². The molecule has 2 rings (SSSR count). The number of nitrogens with zero attached hydrogens (tertiary/aromatic N) is 1. The van der Waals surface area contributed by atoms with E-state index in [9.17, 15) is 0 Å². The fourth-order valence-electron chi connectivity index (χ4n) is 2.48. The Morgan fingerprint density at radius 3 is 2.85 bits per heavy atom. The normalized spacial score (nSPS) is 33.2. The van der Waals surface area contributed by atoms with Crippen LogP contribution in [0.4, 0.5) is 0 Å². The van der Waals surface area contributed by atoms with E-state index in [0.717, 1.165) is 18.0 Å². The second-order valence-electron chi connectivity index (χ2n) is 4.82. The van der Waals surface area contributed by atoms with Crippen molar-refractivity contribution in [3.05, 3.63) is 0 Å². The molecule has 0 aromatic carbocycles. The van der Waals surface area contributed by atoms with E-state index in [4.69, 9.17) is 0 Å². The Balaban J connectivity index is 1.81. The van der Waals surface area contributed by atoms with Gasteiger partial charge in [0.15, 0.2) is 0 Å². The van der Waals surface area contributed by atoms with Gasteiger partial charge in [0.2, 0.25) is 0 Å². The smallest absolute Gasteiger partial charge is 0.0195 e. The maximum absolute atomic E-state index is 3.45. The molecule has 0 aromatic heterocycles. The molecule has 13 heavy (non-hydrogen) atoms. The van der Waals surface area contributed by atoms with Gasteiger partial charge in [0.25, 0.3) is 0 Å². The molecule has 2 aliphatic rings. The van der Waals surface area contributed by atoms with Gasteiger partial charge in [-0.3, -0.25) is 4.90 Å². The Bertz CT molecular complexity index is 165. The first-order valence-electron chi connectivity index (χ1n) is 5.74. The number of rotatable bonds is 3. The van der Waals surface area contributed by atoms with Crippen molar-refractivity contribution in [2.75, 3.05) is 19.6 Å². The highest BCUT2D eigenvalue weighted by molar-refractivity contribution is 4.84. The largest absolute Gasteiger partial charge is 0.314 e. The monoisotopic (exact) mass is 182 g/mol. The molecule has 76 valence electrons. The summed E-state index contributed by atoms with van der Waals surface area (Å²) in [6.45, 7) is 8.35. The van der Waals surface area contributed by atoms with Crippen molar-refractivity contribution in [2.45, 2.75) is 45.2 Å². The number of piperazine rings is 1. The molecule has 0 spiro atoms. The van der Waals surface area contributed by atoms with E-state index in [2.05, 4.69) is 24.1 Å². The van der Waals surface area contributed by atoms with Gasteiger partial charge in [0.1, 0.15) is 0 Å². The van der Waals surface area contributed by atoms with Gasteiger partial charge in [0.05, 0.1) is 0 Å². The lowest BCUT2D eigenvalue weighted by molar-refractivity contribution is 0.117. The quantitative estimate of drug-likeness (QED) is 0.711. The van der Waals surface area contributed by atoms with Gasteiger partial charge in [0, 0.05) is 31.7 Å². The summed E-state index contributed by atoms with van der Waals surface area (Å²) < 4.78 is 0. The molecular formula is C11H22N2. The summed E-state index contributed by atoms with van der Waals surface area (Å²) in [4.78, 5) is 2.68. The molecule has 2 fully saturated rings. The zero-order valence-corrected chi connectivity index (χ0v) is 8.92. The van der Waals surface area contributed by atoms with Gasteiger partial charge < -0.3 is 5.32 Å². The molecule has 1 heterocycles. The molecule has 0 amide bonds. The Morgan fingerprint density at radius 2 is 2.23 bits per heavy atom. The van der Waals surface area contributed by atoms with Crippen LogP contribution < -0.4 is 5.32 Å². The van der Waals surface area contributed by atoms with Crippen LogP contribution in [-0.2, 0) is 0 Å². The summed E-state index contributed by atoms with van der Waals surface area (Å²) in [6.07, 6.45) is 4.42. The molecule has 2 unspecified atom stereocenters. The van der Waals surface area contributed by atoms with E-state index in [0.29, 0.717) is 0 Å². The molecule has 0 radical (unpaired) electrons. The van der Waals surface area contributed by atoms with Gasteiger partial charge in [-0.05, 0) is 26.2 Å². The average molecular weight is 182 g/mol. The zero-order valence-electron chi connectivity index (χ0n) is 8.92. The summed E-state index contributed by atoms with van der Waals surface area (Å²) in [5.74, 6) is 1.07. The Morgan fingerprint density at radius 1 is 1.46 bits per heavy atom. The van der Waals surface area contributed by atoms with E-state index in [1.54, 1.807) is 0 Å². The average Bonchev–Trinajstić information content (AvgIpc) is 2.89. The highest BCUT2D eigenvalue weighted by Crippen LogP contribution is 2.34. The molecule has 2 nitrogen and oxygen atoms in total. The first-order chi connectivity index (χ1) is 6.27. The lowest BCUT2D eigenvalue weighted by Crippen LogP contribution is -2.53. The van der Waals surface area contributed by atoms with Crippen molar-refractivity contribution in [1.82, 2.24) is 10.2 Å². The second-order valence-corrected chi connectivity index (χ2v) is 4.82. The molecule has 1 saturated heterocycles. The van der Waals surface area contributed by atoms with Crippen molar-refractivity contribution in [3.63, 3.8) is 0 Å². The molecule has 0 aromatic rings. The summed E-state index contributed by atoms with van der Waals surface area (Å²) in [6, 6.07) is 1.55.